The fourth-order valence-electron chi connectivity index (χ4n) is 0.287. The maximum atomic E-state index is 10.4. The van der Waals surface area contributed by atoms with Gasteiger partial charge in [-0.15, -0.1) is 6.58 Å². The Morgan fingerprint density at radius 2 is 2.20 bits per heavy atom. The number of carboxylic acid groups (broad SMARTS) is 1. The molecule has 6 heteroatoms. The van der Waals surface area contributed by atoms with Crippen molar-refractivity contribution >= 4 is 16.3 Å². The summed E-state index contributed by atoms with van der Waals surface area (Å²) in [6.45, 7) is 3.10. The van der Waals surface area contributed by atoms with Crippen LogP contribution in [0, 0.1) is 0 Å². The molecule has 0 fully saturated rings. The monoisotopic (exact) mass is 166 g/mol. The number of carbonyl (C=O) groups is 1. The van der Waals surface area contributed by atoms with Crippen molar-refractivity contribution in [2.45, 2.75) is 0 Å². The fourth-order valence-corrected chi connectivity index (χ4v) is 0.861. The van der Waals surface area contributed by atoms with Gasteiger partial charge in [0, 0.05) is 0 Å². The van der Waals surface area contributed by atoms with Crippen molar-refractivity contribution in [2.75, 3.05) is 5.75 Å². The van der Waals surface area contributed by atoms with Crippen molar-refractivity contribution in [1.82, 2.24) is 0 Å². The molecule has 0 atom stereocenters. The molecule has 0 aliphatic rings. The zero-order valence-electron chi connectivity index (χ0n) is 4.98. The molecule has 0 radical (unpaired) electrons. The van der Waals surface area contributed by atoms with Crippen molar-refractivity contribution < 1.29 is 22.5 Å². The van der Waals surface area contributed by atoms with Gasteiger partial charge in [0.1, 0.15) is 5.75 Å². The van der Waals surface area contributed by atoms with E-state index in [1.165, 1.54) is 0 Å². The first-order valence-electron chi connectivity index (χ1n) is 2.24. The molecule has 0 bridgehead atoms. The first kappa shape index (κ1) is 8.96. The van der Waals surface area contributed by atoms with Gasteiger partial charge in [-0.05, 0) is 0 Å². The summed E-state index contributed by atoms with van der Waals surface area (Å²) in [5.41, 5.74) is 0. The number of hydrogen-bond donors (Lipinski definition) is 1. The Kier molecular flexibility index (Phi) is 2.88. The van der Waals surface area contributed by atoms with Crippen molar-refractivity contribution in [2.24, 2.45) is 0 Å². The quantitative estimate of drug-likeness (QED) is 0.478. The Morgan fingerprint density at radius 3 is 2.50 bits per heavy atom. The SMILES string of the molecule is C=CCS(=O)(=O)OC(=O)O. The molecule has 0 saturated heterocycles. The van der Waals surface area contributed by atoms with Crippen LogP contribution in [0.4, 0.5) is 4.79 Å². The standard InChI is InChI=1S/C4H6O5S/c1-2-3-10(7,8)9-4(5)6/h2H,1,3H2,(H,5,6). The normalized spacial score (nSPS) is 10.4. The van der Waals surface area contributed by atoms with Crippen LogP contribution in [0.5, 0.6) is 0 Å². The van der Waals surface area contributed by atoms with Gasteiger partial charge in [-0.25, -0.2) is 4.79 Å². The smallest absolute Gasteiger partial charge is 0.449 e. The summed E-state index contributed by atoms with van der Waals surface area (Å²) in [4.78, 5) is 9.65. The van der Waals surface area contributed by atoms with Gasteiger partial charge in [0.2, 0.25) is 0 Å². The second-order valence-electron chi connectivity index (χ2n) is 1.36. The maximum Gasteiger partial charge on any atom is 0.521 e. The van der Waals surface area contributed by atoms with Gasteiger partial charge in [-0.3, -0.25) is 0 Å². The van der Waals surface area contributed by atoms with Crippen LogP contribution >= 0.6 is 0 Å². The average molecular weight is 166 g/mol. The molecular formula is C4H6O5S. The minimum absolute atomic E-state index is 0.501. The summed E-state index contributed by atoms with van der Waals surface area (Å²) in [5.74, 6) is -0.501. The van der Waals surface area contributed by atoms with E-state index in [0.29, 0.717) is 0 Å². The lowest BCUT2D eigenvalue weighted by atomic mass is 10.8. The lowest BCUT2D eigenvalue weighted by Crippen LogP contribution is -2.12. The topological polar surface area (TPSA) is 80.7 Å². The zero-order valence-corrected chi connectivity index (χ0v) is 5.80. The molecule has 0 rings (SSSR count). The third-order valence-corrected chi connectivity index (χ3v) is 1.56. The third kappa shape index (κ3) is 3.90. The van der Waals surface area contributed by atoms with Gasteiger partial charge in [0.05, 0.1) is 0 Å². The summed E-state index contributed by atoms with van der Waals surface area (Å²) in [7, 11) is -3.95. The average Bonchev–Trinajstić information content (AvgIpc) is 1.59. The highest BCUT2D eigenvalue weighted by Crippen LogP contribution is 1.92. The molecule has 0 aromatic heterocycles. The van der Waals surface area contributed by atoms with Crippen LogP contribution in [-0.4, -0.2) is 25.4 Å². The second kappa shape index (κ2) is 3.21. The van der Waals surface area contributed by atoms with E-state index in [4.69, 9.17) is 5.11 Å². The van der Waals surface area contributed by atoms with E-state index in [9.17, 15) is 13.2 Å². The van der Waals surface area contributed by atoms with Crippen LogP contribution in [0.15, 0.2) is 12.7 Å². The van der Waals surface area contributed by atoms with Crippen molar-refractivity contribution in [1.29, 1.82) is 0 Å². The van der Waals surface area contributed by atoms with Crippen LogP contribution in [-0.2, 0) is 14.3 Å². The van der Waals surface area contributed by atoms with Crippen molar-refractivity contribution in [3.63, 3.8) is 0 Å². The predicted molar refractivity (Wildman–Crippen MR) is 33.1 cm³/mol. The van der Waals surface area contributed by atoms with Crippen LogP contribution in [0.2, 0.25) is 0 Å². The summed E-state index contributed by atoms with van der Waals surface area (Å²) >= 11 is 0. The molecule has 10 heavy (non-hydrogen) atoms. The molecule has 5 nitrogen and oxygen atoms in total. The molecule has 1 N–H and O–H groups in total. The Balaban J connectivity index is 4.14. The maximum absolute atomic E-state index is 10.4. The number of hydrogen-bond acceptors (Lipinski definition) is 4. The van der Waals surface area contributed by atoms with Crippen molar-refractivity contribution in [3.05, 3.63) is 12.7 Å². The summed E-state index contributed by atoms with van der Waals surface area (Å²) in [6, 6.07) is 0. The summed E-state index contributed by atoms with van der Waals surface area (Å²) in [6.07, 6.45) is -0.792. The van der Waals surface area contributed by atoms with Gasteiger partial charge < -0.3 is 9.29 Å². The highest BCUT2D eigenvalue weighted by atomic mass is 32.2. The van der Waals surface area contributed by atoms with Crippen LogP contribution in [0.3, 0.4) is 0 Å². The molecule has 0 aromatic carbocycles. The van der Waals surface area contributed by atoms with E-state index in [1.807, 2.05) is 0 Å². The Labute approximate surface area is 58.0 Å². The van der Waals surface area contributed by atoms with Gasteiger partial charge in [0.25, 0.3) is 0 Å². The van der Waals surface area contributed by atoms with Gasteiger partial charge in [0.15, 0.2) is 0 Å². The molecule has 0 heterocycles. The van der Waals surface area contributed by atoms with Gasteiger partial charge in [-0.1, -0.05) is 6.08 Å². The largest absolute Gasteiger partial charge is 0.521 e. The molecule has 0 saturated carbocycles. The van der Waals surface area contributed by atoms with E-state index in [0.717, 1.165) is 6.08 Å². The minimum atomic E-state index is -3.95. The van der Waals surface area contributed by atoms with E-state index in [2.05, 4.69) is 10.8 Å². The molecule has 0 aliphatic carbocycles. The summed E-state index contributed by atoms with van der Waals surface area (Å²) in [5, 5.41) is 7.84. The Hall–Kier alpha value is -1.04. The van der Waals surface area contributed by atoms with Crippen LogP contribution in [0.1, 0.15) is 0 Å². The predicted octanol–water partition coefficient (Wildman–Crippen LogP) is 0.197. The zero-order chi connectivity index (χ0) is 8.20. The lowest BCUT2D eigenvalue weighted by Gasteiger charge is -1.95. The van der Waals surface area contributed by atoms with E-state index < -0.39 is 22.0 Å². The van der Waals surface area contributed by atoms with Gasteiger partial charge >= 0.3 is 16.3 Å². The fraction of sp³-hybridized carbons (Fsp3) is 0.250. The van der Waals surface area contributed by atoms with E-state index in [-0.39, 0.29) is 0 Å². The van der Waals surface area contributed by atoms with E-state index >= 15 is 0 Å². The molecule has 0 aliphatic heterocycles. The molecule has 0 unspecified atom stereocenters. The molecule has 0 amide bonds. The van der Waals surface area contributed by atoms with E-state index in [1.54, 1.807) is 0 Å². The van der Waals surface area contributed by atoms with Crippen molar-refractivity contribution in [3.8, 4) is 0 Å². The Bertz CT molecular complexity index is 226. The highest BCUT2D eigenvalue weighted by molar-refractivity contribution is 7.87. The highest BCUT2D eigenvalue weighted by Gasteiger charge is 2.12. The lowest BCUT2D eigenvalue weighted by molar-refractivity contribution is 0.147. The summed E-state index contributed by atoms with van der Waals surface area (Å²) < 4.78 is 24.2. The minimum Gasteiger partial charge on any atom is -0.449 e. The molecule has 0 aromatic rings. The van der Waals surface area contributed by atoms with Gasteiger partial charge in [-0.2, -0.15) is 8.42 Å². The number of rotatable bonds is 3. The van der Waals surface area contributed by atoms with Crippen LogP contribution in [0.25, 0.3) is 0 Å². The second-order valence-corrected chi connectivity index (χ2v) is 2.98. The molecular weight excluding hydrogens is 160 g/mol. The first-order valence-corrected chi connectivity index (χ1v) is 3.81. The van der Waals surface area contributed by atoms with Crippen LogP contribution < -0.4 is 0 Å². The molecule has 58 valence electrons. The first-order chi connectivity index (χ1) is 4.48. The Morgan fingerprint density at radius 1 is 1.70 bits per heavy atom. The third-order valence-electron chi connectivity index (χ3n) is 0.520. The molecule has 0 spiro atoms.